The maximum absolute atomic E-state index is 12.3. The second-order valence-electron chi connectivity index (χ2n) is 7.83. The molecule has 1 aliphatic heterocycles. The number of aromatic nitrogens is 3. The minimum atomic E-state index is 0. The molecule has 1 aromatic rings. The van der Waals surface area contributed by atoms with Crippen LogP contribution in [-0.2, 0) is 24.2 Å². The summed E-state index contributed by atoms with van der Waals surface area (Å²) in [5.41, 5.74) is 0.397. The van der Waals surface area contributed by atoms with Crippen molar-refractivity contribution in [2.24, 2.45) is 10.4 Å². The van der Waals surface area contributed by atoms with Crippen molar-refractivity contribution in [1.82, 2.24) is 25.0 Å². The molecule has 160 valence electrons. The van der Waals surface area contributed by atoms with Gasteiger partial charge in [0.15, 0.2) is 5.96 Å². The summed E-state index contributed by atoms with van der Waals surface area (Å²) in [6.45, 7) is 3.97. The van der Waals surface area contributed by atoms with E-state index in [4.69, 9.17) is 4.74 Å². The SMILES string of the molecule is CN=C(NCCCn1nc2n(c1=O)CCCC2)NCC1(CCOC)CCC1.I. The molecule has 1 aliphatic carbocycles. The highest BCUT2D eigenvalue weighted by Gasteiger charge is 2.36. The molecular weight excluding hydrogens is 471 g/mol. The third kappa shape index (κ3) is 5.71. The minimum absolute atomic E-state index is 0. The van der Waals surface area contributed by atoms with Crippen molar-refractivity contribution < 1.29 is 4.74 Å². The summed E-state index contributed by atoms with van der Waals surface area (Å²) in [5.74, 6) is 1.77. The lowest BCUT2D eigenvalue weighted by Crippen LogP contribution is -2.47. The summed E-state index contributed by atoms with van der Waals surface area (Å²) in [5, 5.41) is 11.3. The molecule has 1 aromatic heterocycles. The third-order valence-electron chi connectivity index (χ3n) is 5.98. The Hall–Kier alpha value is -1.10. The number of fused-ring (bicyclic) bond motifs is 1. The topological polar surface area (TPSA) is 85.5 Å². The second kappa shape index (κ2) is 11.2. The van der Waals surface area contributed by atoms with Crippen LogP contribution in [0.4, 0.5) is 0 Å². The van der Waals surface area contributed by atoms with Gasteiger partial charge in [-0.25, -0.2) is 9.48 Å². The van der Waals surface area contributed by atoms with Gasteiger partial charge < -0.3 is 15.4 Å². The molecule has 0 spiro atoms. The standard InChI is InChI=1S/C19H34N6O2.HI/c1-20-17(22-15-19(8-5-9-19)10-14-27-2)21-11-6-13-25-18(26)24-12-4-3-7-16(24)23-25;/h3-15H2,1-2H3,(H2,20,21,22);1H. The molecule has 1 saturated carbocycles. The number of methoxy groups -OCH3 is 1. The predicted molar refractivity (Wildman–Crippen MR) is 122 cm³/mol. The molecule has 0 bridgehead atoms. The van der Waals surface area contributed by atoms with Gasteiger partial charge in [-0.2, -0.15) is 5.10 Å². The molecule has 8 nitrogen and oxygen atoms in total. The van der Waals surface area contributed by atoms with Crippen LogP contribution in [0, 0.1) is 5.41 Å². The molecule has 2 aliphatic rings. The molecule has 2 N–H and O–H groups in total. The van der Waals surface area contributed by atoms with Gasteiger partial charge in [-0.3, -0.25) is 9.56 Å². The number of nitrogens with zero attached hydrogens (tertiary/aromatic N) is 4. The predicted octanol–water partition coefficient (Wildman–Crippen LogP) is 1.76. The van der Waals surface area contributed by atoms with E-state index in [-0.39, 0.29) is 29.7 Å². The first-order chi connectivity index (χ1) is 13.2. The maximum atomic E-state index is 12.3. The number of aryl methyl sites for hydroxylation is 2. The monoisotopic (exact) mass is 506 g/mol. The minimum Gasteiger partial charge on any atom is -0.385 e. The first-order valence-electron chi connectivity index (χ1n) is 10.3. The van der Waals surface area contributed by atoms with Crippen molar-refractivity contribution in [3.05, 3.63) is 16.3 Å². The van der Waals surface area contributed by atoms with E-state index < -0.39 is 0 Å². The molecule has 0 saturated heterocycles. The van der Waals surface area contributed by atoms with Gasteiger partial charge in [-0.05, 0) is 43.9 Å². The highest BCUT2D eigenvalue weighted by atomic mass is 127. The number of hydrogen-bond acceptors (Lipinski definition) is 4. The van der Waals surface area contributed by atoms with Crippen molar-refractivity contribution in [3.8, 4) is 0 Å². The Bertz CT molecular complexity index is 695. The zero-order valence-corrected chi connectivity index (χ0v) is 19.5. The number of hydrogen-bond donors (Lipinski definition) is 2. The number of rotatable bonds is 9. The average molecular weight is 506 g/mol. The van der Waals surface area contributed by atoms with E-state index in [9.17, 15) is 4.79 Å². The Kier molecular flexibility index (Phi) is 9.26. The summed E-state index contributed by atoms with van der Waals surface area (Å²) in [6, 6.07) is 0. The van der Waals surface area contributed by atoms with E-state index in [2.05, 4.69) is 20.7 Å². The van der Waals surface area contributed by atoms with Gasteiger partial charge in [0, 0.05) is 53.4 Å². The molecule has 0 aromatic carbocycles. The first kappa shape index (κ1) is 23.2. The summed E-state index contributed by atoms with van der Waals surface area (Å²) in [7, 11) is 3.56. The molecule has 0 amide bonds. The van der Waals surface area contributed by atoms with E-state index >= 15 is 0 Å². The third-order valence-corrected chi connectivity index (χ3v) is 5.98. The lowest BCUT2D eigenvalue weighted by Gasteiger charge is -2.42. The fourth-order valence-electron chi connectivity index (χ4n) is 4.03. The lowest BCUT2D eigenvalue weighted by atomic mass is 9.67. The Morgan fingerprint density at radius 2 is 2.11 bits per heavy atom. The molecule has 28 heavy (non-hydrogen) atoms. The van der Waals surface area contributed by atoms with Crippen LogP contribution in [0.25, 0.3) is 0 Å². The van der Waals surface area contributed by atoms with E-state index in [1.807, 2.05) is 4.57 Å². The Morgan fingerprint density at radius 1 is 1.29 bits per heavy atom. The summed E-state index contributed by atoms with van der Waals surface area (Å²) in [6.07, 6.45) is 8.89. The van der Waals surface area contributed by atoms with Crippen molar-refractivity contribution in [1.29, 1.82) is 0 Å². The zero-order chi connectivity index (χ0) is 19.1. The van der Waals surface area contributed by atoms with Crippen LogP contribution in [0.15, 0.2) is 9.79 Å². The largest absolute Gasteiger partial charge is 0.385 e. The van der Waals surface area contributed by atoms with Crippen LogP contribution < -0.4 is 16.3 Å². The quantitative estimate of drug-likeness (QED) is 0.231. The van der Waals surface area contributed by atoms with Gasteiger partial charge in [0.1, 0.15) is 5.82 Å². The first-order valence-corrected chi connectivity index (χ1v) is 10.3. The Balaban J connectivity index is 0.00000280. The van der Waals surface area contributed by atoms with Crippen LogP contribution in [-0.4, -0.2) is 54.2 Å². The molecule has 9 heteroatoms. The molecule has 0 atom stereocenters. The number of guanidine groups is 1. The van der Waals surface area contributed by atoms with Crippen LogP contribution in [0.5, 0.6) is 0 Å². The van der Waals surface area contributed by atoms with E-state index in [1.54, 1.807) is 18.8 Å². The van der Waals surface area contributed by atoms with E-state index in [1.165, 1.54) is 19.3 Å². The van der Waals surface area contributed by atoms with Crippen LogP contribution in [0.3, 0.4) is 0 Å². The number of aliphatic imine (C=N–C) groups is 1. The van der Waals surface area contributed by atoms with Crippen molar-refractivity contribution >= 4 is 29.9 Å². The summed E-state index contributed by atoms with van der Waals surface area (Å²) in [4.78, 5) is 16.7. The molecule has 0 radical (unpaired) electrons. The number of ether oxygens (including phenoxy) is 1. The molecule has 2 heterocycles. The summed E-state index contributed by atoms with van der Waals surface area (Å²) >= 11 is 0. The van der Waals surface area contributed by atoms with Gasteiger partial charge in [-0.1, -0.05) is 6.42 Å². The fourth-order valence-corrected chi connectivity index (χ4v) is 4.03. The lowest BCUT2D eigenvalue weighted by molar-refractivity contribution is 0.0732. The van der Waals surface area contributed by atoms with Crippen LogP contribution in [0.2, 0.25) is 0 Å². The van der Waals surface area contributed by atoms with Gasteiger partial charge in [-0.15, -0.1) is 24.0 Å². The van der Waals surface area contributed by atoms with Crippen LogP contribution >= 0.6 is 24.0 Å². The number of halogens is 1. The summed E-state index contributed by atoms with van der Waals surface area (Å²) < 4.78 is 8.71. The highest BCUT2D eigenvalue weighted by Crippen LogP contribution is 2.43. The van der Waals surface area contributed by atoms with Crippen LogP contribution in [0.1, 0.15) is 50.8 Å². The van der Waals surface area contributed by atoms with E-state index in [0.717, 1.165) is 70.1 Å². The average Bonchev–Trinajstić information content (AvgIpc) is 2.98. The van der Waals surface area contributed by atoms with Gasteiger partial charge >= 0.3 is 5.69 Å². The smallest absolute Gasteiger partial charge is 0.345 e. The zero-order valence-electron chi connectivity index (χ0n) is 17.2. The van der Waals surface area contributed by atoms with Gasteiger partial charge in [0.2, 0.25) is 0 Å². The van der Waals surface area contributed by atoms with Gasteiger partial charge in [0.25, 0.3) is 0 Å². The second-order valence-corrected chi connectivity index (χ2v) is 7.83. The normalized spacial score (nSPS) is 18.0. The maximum Gasteiger partial charge on any atom is 0.345 e. The molecular formula is C19H35IN6O2. The number of nitrogens with one attached hydrogen (secondary N) is 2. The Labute approximate surface area is 184 Å². The van der Waals surface area contributed by atoms with Crippen molar-refractivity contribution in [2.45, 2.75) is 64.5 Å². The van der Waals surface area contributed by atoms with E-state index in [0.29, 0.717) is 12.0 Å². The van der Waals surface area contributed by atoms with Crippen molar-refractivity contribution in [3.63, 3.8) is 0 Å². The van der Waals surface area contributed by atoms with Crippen molar-refractivity contribution in [2.75, 3.05) is 33.9 Å². The molecule has 1 fully saturated rings. The molecule has 0 unspecified atom stereocenters. The Morgan fingerprint density at radius 3 is 2.75 bits per heavy atom. The van der Waals surface area contributed by atoms with Gasteiger partial charge in [0.05, 0.1) is 0 Å². The highest BCUT2D eigenvalue weighted by molar-refractivity contribution is 14.0. The molecule has 3 rings (SSSR count). The fraction of sp³-hybridized carbons (Fsp3) is 0.842.